The minimum Gasteiger partial charge on any atom is -0.379 e. The Morgan fingerprint density at radius 1 is 1.00 bits per heavy atom. The number of morpholine rings is 1. The molecule has 2 rings (SSSR count). The molecule has 2 heterocycles. The highest BCUT2D eigenvalue weighted by Gasteiger charge is 2.19. The number of hydrogen-bond donors (Lipinski definition) is 0. The van der Waals surface area contributed by atoms with Crippen LogP contribution in [0.4, 0.5) is 0 Å². The molecule has 2 aliphatic heterocycles. The predicted molar refractivity (Wildman–Crippen MR) is 76.0 cm³/mol. The SMILES string of the molecule is CCC(CCCN1CCOCC1)N1CCCCC1. The highest BCUT2D eigenvalue weighted by molar-refractivity contribution is 4.74. The molecule has 2 saturated heterocycles. The fourth-order valence-electron chi connectivity index (χ4n) is 3.30. The van der Waals surface area contributed by atoms with Crippen molar-refractivity contribution < 1.29 is 4.74 Å². The number of piperidine rings is 1. The van der Waals surface area contributed by atoms with Crippen LogP contribution in [0.5, 0.6) is 0 Å². The molecule has 2 aliphatic rings. The first-order chi connectivity index (χ1) is 8.90. The monoisotopic (exact) mass is 254 g/mol. The molecule has 1 atom stereocenters. The van der Waals surface area contributed by atoms with Crippen LogP contribution in [0.3, 0.4) is 0 Å². The molecule has 0 N–H and O–H groups in total. The van der Waals surface area contributed by atoms with Crippen molar-refractivity contribution in [2.24, 2.45) is 0 Å². The summed E-state index contributed by atoms with van der Waals surface area (Å²) in [5.41, 5.74) is 0. The average molecular weight is 254 g/mol. The van der Waals surface area contributed by atoms with Crippen molar-refractivity contribution in [3.63, 3.8) is 0 Å². The van der Waals surface area contributed by atoms with Crippen molar-refractivity contribution in [2.75, 3.05) is 45.9 Å². The molecule has 0 aromatic rings. The molecule has 18 heavy (non-hydrogen) atoms. The van der Waals surface area contributed by atoms with Gasteiger partial charge < -0.3 is 9.64 Å². The quantitative estimate of drug-likeness (QED) is 0.724. The lowest BCUT2D eigenvalue weighted by Gasteiger charge is -2.35. The molecule has 0 saturated carbocycles. The molecule has 106 valence electrons. The Hall–Kier alpha value is -0.120. The summed E-state index contributed by atoms with van der Waals surface area (Å²) in [6.07, 6.45) is 8.34. The summed E-state index contributed by atoms with van der Waals surface area (Å²) in [6.45, 7) is 10.5. The summed E-state index contributed by atoms with van der Waals surface area (Å²) in [4.78, 5) is 5.30. The van der Waals surface area contributed by atoms with E-state index in [9.17, 15) is 0 Å². The summed E-state index contributed by atoms with van der Waals surface area (Å²) in [6, 6.07) is 0.839. The molecule has 0 aromatic heterocycles. The van der Waals surface area contributed by atoms with E-state index in [0.29, 0.717) is 0 Å². The average Bonchev–Trinajstić information content (AvgIpc) is 2.46. The number of ether oxygens (including phenoxy) is 1. The van der Waals surface area contributed by atoms with Crippen LogP contribution < -0.4 is 0 Å². The lowest BCUT2D eigenvalue weighted by Crippen LogP contribution is -2.40. The van der Waals surface area contributed by atoms with E-state index in [2.05, 4.69) is 16.7 Å². The van der Waals surface area contributed by atoms with Gasteiger partial charge in [0.05, 0.1) is 13.2 Å². The molecular weight excluding hydrogens is 224 g/mol. The second kappa shape index (κ2) is 8.13. The van der Waals surface area contributed by atoms with Gasteiger partial charge in [0.2, 0.25) is 0 Å². The number of hydrogen-bond acceptors (Lipinski definition) is 3. The van der Waals surface area contributed by atoms with Crippen LogP contribution in [0, 0.1) is 0 Å². The van der Waals surface area contributed by atoms with Gasteiger partial charge in [-0.25, -0.2) is 0 Å². The molecule has 0 spiro atoms. The molecule has 3 heteroatoms. The Kier molecular flexibility index (Phi) is 6.46. The maximum absolute atomic E-state index is 5.39. The number of nitrogens with zero attached hydrogens (tertiary/aromatic N) is 2. The van der Waals surface area contributed by atoms with Crippen LogP contribution in [0.2, 0.25) is 0 Å². The standard InChI is InChI=1S/C15H30N2O/c1-2-15(17-9-4-3-5-10-17)7-6-8-16-11-13-18-14-12-16/h15H,2-14H2,1H3. The van der Waals surface area contributed by atoms with E-state index in [1.54, 1.807) is 0 Å². The van der Waals surface area contributed by atoms with Gasteiger partial charge in [-0.1, -0.05) is 13.3 Å². The van der Waals surface area contributed by atoms with Crippen molar-refractivity contribution in [1.82, 2.24) is 9.80 Å². The first kappa shape index (κ1) is 14.3. The zero-order valence-electron chi connectivity index (χ0n) is 12.1. The van der Waals surface area contributed by atoms with Crippen molar-refractivity contribution >= 4 is 0 Å². The topological polar surface area (TPSA) is 15.7 Å². The van der Waals surface area contributed by atoms with Crippen LogP contribution in [-0.4, -0.2) is 61.8 Å². The van der Waals surface area contributed by atoms with Crippen LogP contribution in [0.15, 0.2) is 0 Å². The predicted octanol–water partition coefficient (Wildman–Crippen LogP) is 2.36. The molecular formula is C15H30N2O. The molecule has 0 radical (unpaired) electrons. The van der Waals surface area contributed by atoms with Gasteiger partial charge in [-0.2, -0.15) is 0 Å². The number of likely N-dealkylation sites (tertiary alicyclic amines) is 1. The first-order valence-corrected chi connectivity index (χ1v) is 7.94. The van der Waals surface area contributed by atoms with E-state index in [1.165, 1.54) is 58.2 Å². The second-order valence-corrected chi connectivity index (χ2v) is 5.75. The van der Waals surface area contributed by atoms with Gasteiger partial charge in [-0.3, -0.25) is 4.90 Å². The molecule has 0 bridgehead atoms. The van der Waals surface area contributed by atoms with Crippen LogP contribution in [-0.2, 0) is 4.74 Å². The van der Waals surface area contributed by atoms with Crippen LogP contribution >= 0.6 is 0 Å². The summed E-state index contributed by atoms with van der Waals surface area (Å²) >= 11 is 0. The van der Waals surface area contributed by atoms with Gasteiger partial charge in [-0.05, 0) is 51.7 Å². The van der Waals surface area contributed by atoms with E-state index >= 15 is 0 Å². The van der Waals surface area contributed by atoms with E-state index in [0.717, 1.165) is 32.3 Å². The number of rotatable bonds is 6. The third-order valence-electron chi connectivity index (χ3n) is 4.49. The fraction of sp³-hybridized carbons (Fsp3) is 1.00. The lowest BCUT2D eigenvalue weighted by atomic mass is 10.0. The van der Waals surface area contributed by atoms with Crippen molar-refractivity contribution in [2.45, 2.75) is 51.5 Å². The molecule has 0 amide bonds. The third kappa shape index (κ3) is 4.52. The zero-order valence-corrected chi connectivity index (χ0v) is 12.1. The summed E-state index contributed by atoms with van der Waals surface area (Å²) < 4.78 is 5.39. The highest BCUT2D eigenvalue weighted by atomic mass is 16.5. The van der Waals surface area contributed by atoms with Gasteiger partial charge >= 0.3 is 0 Å². The van der Waals surface area contributed by atoms with E-state index < -0.39 is 0 Å². The minimum atomic E-state index is 0.839. The van der Waals surface area contributed by atoms with Gasteiger partial charge in [0, 0.05) is 19.1 Å². The highest BCUT2D eigenvalue weighted by Crippen LogP contribution is 2.18. The van der Waals surface area contributed by atoms with Gasteiger partial charge in [-0.15, -0.1) is 0 Å². The maximum atomic E-state index is 5.39. The fourth-order valence-corrected chi connectivity index (χ4v) is 3.30. The molecule has 0 aromatic carbocycles. The van der Waals surface area contributed by atoms with Crippen LogP contribution in [0.25, 0.3) is 0 Å². The Bertz CT molecular complexity index is 211. The Labute approximate surface area is 112 Å². The zero-order chi connectivity index (χ0) is 12.6. The van der Waals surface area contributed by atoms with Crippen LogP contribution in [0.1, 0.15) is 45.4 Å². The Morgan fingerprint density at radius 3 is 2.39 bits per heavy atom. The molecule has 2 fully saturated rings. The lowest BCUT2D eigenvalue weighted by molar-refractivity contribution is 0.0357. The van der Waals surface area contributed by atoms with E-state index in [4.69, 9.17) is 4.74 Å². The third-order valence-corrected chi connectivity index (χ3v) is 4.49. The minimum absolute atomic E-state index is 0.839. The van der Waals surface area contributed by atoms with E-state index in [1.807, 2.05) is 0 Å². The van der Waals surface area contributed by atoms with Crippen molar-refractivity contribution in [3.05, 3.63) is 0 Å². The first-order valence-electron chi connectivity index (χ1n) is 7.94. The normalized spacial score (nSPS) is 25.2. The van der Waals surface area contributed by atoms with Gasteiger partial charge in [0.1, 0.15) is 0 Å². The summed E-state index contributed by atoms with van der Waals surface area (Å²) in [7, 11) is 0. The van der Waals surface area contributed by atoms with E-state index in [-0.39, 0.29) is 0 Å². The molecule has 0 aliphatic carbocycles. The maximum Gasteiger partial charge on any atom is 0.0594 e. The second-order valence-electron chi connectivity index (χ2n) is 5.75. The van der Waals surface area contributed by atoms with Gasteiger partial charge in [0.25, 0.3) is 0 Å². The smallest absolute Gasteiger partial charge is 0.0594 e. The molecule has 1 unspecified atom stereocenters. The van der Waals surface area contributed by atoms with Crippen molar-refractivity contribution in [1.29, 1.82) is 0 Å². The Morgan fingerprint density at radius 2 is 1.72 bits per heavy atom. The summed E-state index contributed by atoms with van der Waals surface area (Å²) in [5.74, 6) is 0. The Balaban J connectivity index is 1.63. The van der Waals surface area contributed by atoms with Gasteiger partial charge in [0.15, 0.2) is 0 Å². The largest absolute Gasteiger partial charge is 0.379 e. The summed E-state index contributed by atoms with van der Waals surface area (Å²) in [5, 5.41) is 0. The molecule has 3 nitrogen and oxygen atoms in total. The van der Waals surface area contributed by atoms with Crippen molar-refractivity contribution in [3.8, 4) is 0 Å².